The Balaban J connectivity index is 2.72. The minimum absolute atomic E-state index is 0.0589. The Hall–Kier alpha value is -1.01. The van der Waals surface area contributed by atoms with E-state index in [1.54, 1.807) is 14.0 Å². The van der Waals surface area contributed by atoms with Gasteiger partial charge in [0, 0.05) is 6.04 Å². The maximum absolute atomic E-state index is 13.2. The van der Waals surface area contributed by atoms with Crippen molar-refractivity contribution >= 4 is 9.84 Å². The molecule has 17 heavy (non-hydrogen) atoms. The molecule has 1 aromatic carbocycles. The van der Waals surface area contributed by atoms with Crippen molar-refractivity contribution in [2.75, 3.05) is 12.8 Å². The van der Waals surface area contributed by atoms with E-state index < -0.39 is 21.5 Å². The van der Waals surface area contributed by atoms with E-state index in [1.807, 2.05) is 0 Å². The molecule has 1 aliphatic rings. The van der Waals surface area contributed by atoms with Gasteiger partial charge in [-0.1, -0.05) is 6.92 Å². The molecule has 0 saturated carbocycles. The third-order valence-corrected chi connectivity index (χ3v) is 5.07. The molecule has 0 radical (unpaired) electrons. The molecular formula is C11H13F2NO2S. The van der Waals surface area contributed by atoms with Crippen LogP contribution in [0.2, 0.25) is 0 Å². The van der Waals surface area contributed by atoms with Crippen LogP contribution in [-0.4, -0.2) is 21.2 Å². The van der Waals surface area contributed by atoms with Gasteiger partial charge in [-0.3, -0.25) is 0 Å². The van der Waals surface area contributed by atoms with Crippen molar-refractivity contribution in [1.82, 2.24) is 5.32 Å². The van der Waals surface area contributed by atoms with E-state index in [9.17, 15) is 17.2 Å². The number of hydrogen-bond acceptors (Lipinski definition) is 3. The van der Waals surface area contributed by atoms with Crippen molar-refractivity contribution in [1.29, 1.82) is 0 Å². The molecule has 2 atom stereocenters. The predicted octanol–water partition coefficient (Wildman–Crippen LogP) is 1.65. The van der Waals surface area contributed by atoms with Crippen LogP contribution in [0, 0.1) is 17.6 Å². The van der Waals surface area contributed by atoms with E-state index in [0.717, 1.165) is 12.1 Å². The van der Waals surface area contributed by atoms with Crippen LogP contribution < -0.4 is 5.32 Å². The van der Waals surface area contributed by atoms with Gasteiger partial charge in [0.05, 0.1) is 10.6 Å². The highest BCUT2D eigenvalue weighted by atomic mass is 32.2. The lowest BCUT2D eigenvalue weighted by atomic mass is 9.95. The van der Waals surface area contributed by atoms with Crippen LogP contribution in [-0.2, 0) is 9.84 Å². The van der Waals surface area contributed by atoms with Crippen LogP contribution in [0.4, 0.5) is 8.78 Å². The number of benzene rings is 1. The summed E-state index contributed by atoms with van der Waals surface area (Å²) in [5.41, 5.74) is 0.310. The second-order valence-corrected chi connectivity index (χ2v) is 6.33. The zero-order valence-electron chi connectivity index (χ0n) is 9.50. The van der Waals surface area contributed by atoms with E-state index in [1.165, 1.54) is 0 Å². The Labute approximate surface area is 98.8 Å². The van der Waals surface area contributed by atoms with Crippen LogP contribution in [0.5, 0.6) is 0 Å². The Morgan fingerprint density at radius 2 is 1.88 bits per heavy atom. The van der Waals surface area contributed by atoms with Crippen molar-refractivity contribution in [3.63, 3.8) is 0 Å². The summed E-state index contributed by atoms with van der Waals surface area (Å²) >= 11 is 0. The topological polar surface area (TPSA) is 46.2 Å². The average molecular weight is 261 g/mol. The van der Waals surface area contributed by atoms with Crippen LogP contribution in [0.25, 0.3) is 0 Å². The molecule has 1 heterocycles. The first kappa shape index (κ1) is 12.4. The molecule has 0 saturated heterocycles. The smallest absolute Gasteiger partial charge is 0.179 e. The van der Waals surface area contributed by atoms with E-state index in [0.29, 0.717) is 5.56 Å². The summed E-state index contributed by atoms with van der Waals surface area (Å²) in [6.45, 7) is 1.77. The van der Waals surface area contributed by atoms with Crippen LogP contribution in [0.15, 0.2) is 17.0 Å². The standard InChI is InChI=1S/C11H13F2NO2S/c1-6-5-17(15,16)10-4-9(13)8(12)3-7(10)11(6)14-2/h3-4,6,11,14H,5H2,1-2H3. The maximum atomic E-state index is 13.2. The second kappa shape index (κ2) is 4.03. The highest BCUT2D eigenvalue weighted by Gasteiger charge is 2.35. The SMILES string of the molecule is CNC1c2cc(F)c(F)cc2S(=O)(=O)CC1C. The highest BCUT2D eigenvalue weighted by Crippen LogP contribution is 2.36. The normalized spacial score (nSPS) is 26.6. The van der Waals surface area contributed by atoms with Gasteiger partial charge in [0.15, 0.2) is 21.5 Å². The Bertz CT molecular complexity index is 557. The molecule has 2 rings (SSSR count). The molecular weight excluding hydrogens is 248 g/mol. The fraction of sp³-hybridized carbons (Fsp3) is 0.455. The summed E-state index contributed by atoms with van der Waals surface area (Å²) in [7, 11) is -1.85. The molecule has 1 aliphatic heterocycles. The van der Waals surface area contributed by atoms with E-state index >= 15 is 0 Å². The summed E-state index contributed by atoms with van der Waals surface area (Å²) < 4.78 is 50.1. The van der Waals surface area contributed by atoms with Gasteiger partial charge in [0.1, 0.15) is 0 Å². The van der Waals surface area contributed by atoms with Crippen molar-refractivity contribution in [2.24, 2.45) is 5.92 Å². The minimum Gasteiger partial charge on any atom is -0.313 e. The van der Waals surface area contributed by atoms with Gasteiger partial charge in [0.2, 0.25) is 0 Å². The van der Waals surface area contributed by atoms with Gasteiger partial charge >= 0.3 is 0 Å². The number of halogens is 2. The largest absolute Gasteiger partial charge is 0.313 e. The maximum Gasteiger partial charge on any atom is 0.179 e. The van der Waals surface area contributed by atoms with Crippen molar-refractivity contribution < 1.29 is 17.2 Å². The second-order valence-electron chi connectivity index (χ2n) is 4.33. The lowest BCUT2D eigenvalue weighted by molar-refractivity contribution is 0.413. The van der Waals surface area contributed by atoms with E-state index in [4.69, 9.17) is 0 Å². The molecule has 94 valence electrons. The molecule has 1 N–H and O–H groups in total. The quantitative estimate of drug-likeness (QED) is 0.782. The molecule has 0 bridgehead atoms. The minimum atomic E-state index is -3.52. The summed E-state index contributed by atoms with van der Waals surface area (Å²) in [5.74, 6) is -2.39. The monoisotopic (exact) mass is 261 g/mol. The van der Waals surface area contributed by atoms with Gasteiger partial charge in [-0.25, -0.2) is 17.2 Å². The first-order chi connectivity index (χ1) is 7.86. The molecule has 0 aromatic heterocycles. The predicted molar refractivity (Wildman–Crippen MR) is 59.4 cm³/mol. The molecule has 0 spiro atoms. The third kappa shape index (κ3) is 1.95. The van der Waals surface area contributed by atoms with E-state index in [-0.39, 0.29) is 22.6 Å². The summed E-state index contributed by atoms with van der Waals surface area (Å²) in [6.07, 6.45) is 0. The molecule has 0 amide bonds. The van der Waals surface area contributed by atoms with E-state index in [2.05, 4.69) is 5.32 Å². The Morgan fingerprint density at radius 1 is 1.29 bits per heavy atom. The van der Waals surface area contributed by atoms with Crippen LogP contribution >= 0.6 is 0 Å². The van der Waals surface area contributed by atoms with Gasteiger partial charge in [-0.15, -0.1) is 0 Å². The summed E-state index contributed by atoms with van der Waals surface area (Å²) in [6, 6.07) is 1.47. The van der Waals surface area contributed by atoms with Crippen molar-refractivity contribution in [3.8, 4) is 0 Å². The number of fused-ring (bicyclic) bond motifs is 1. The third-order valence-electron chi connectivity index (χ3n) is 3.09. The lowest BCUT2D eigenvalue weighted by Gasteiger charge is -2.30. The zero-order chi connectivity index (χ0) is 12.8. The molecule has 0 fully saturated rings. The average Bonchev–Trinajstić information content (AvgIpc) is 2.21. The van der Waals surface area contributed by atoms with Crippen LogP contribution in [0.1, 0.15) is 18.5 Å². The van der Waals surface area contributed by atoms with Gasteiger partial charge in [-0.2, -0.15) is 0 Å². The van der Waals surface area contributed by atoms with Gasteiger partial charge in [0.25, 0.3) is 0 Å². The van der Waals surface area contributed by atoms with Crippen molar-refractivity contribution in [2.45, 2.75) is 17.9 Å². The number of nitrogens with one attached hydrogen (secondary N) is 1. The summed E-state index contributed by atoms with van der Waals surface area (Å²) in [4.78, 5) is -0.103. The van der Waals surface area contributed by atoms with Crippen LogP contribution in [0.3, 0.4) is 0 Å². The highest BCUT2D eigenvalue weighted by molar-refractivity contribution is 7.91. The fourth-order valence-electron chi connectivity index (χ4n) is 2.33. The number of hydrogen-bond donors (Lipinski definition) is 1. The Kier molecular flexibility index (Phi) is 2.95. The molecule has 2 unspecified atom stereocenters. The fourth-order valence-corrected chi connectivity index (χ4v) is 4.23. The lowest BCUT2D eigenvalue weighted by Crippen LogP contribution is -2.34. The molecule has 1 aromatic rings. The first-order valence-corrected chi connectivity index (χ1v) is 6.91. The van der Waals surface area contributed by atoms with Gasteiger partial charge < -0.3 is 5.32 Å². The molecule has 6 heteroatoms. The number of sulfone groups is 1. The summed E-state index contributed by atoms with van der Waals surface area (Å²) in [5, 5.41) is 2.94. The van der Waals surface area contributed by atoms with Gasteiger partial charge in [-0.05, 0) is 30.7 Å². The Morgan fingerprint density at radius 3 is 2.47 bits per heavy atom. The molecule has 3 nitrogen and oxygen atoms in total. The van der Waals surface area contributed by atoms with Crippen molar-refractivity contribution in [3.05, 3.63) is 29.3 Å². The first-order valence-electron chi connectivity index (χ1n) is 5.26. The molecule has 0 aliphatic carbocycles. The number of rotatable bonds is 1. The zero-order valence-corrected chi connectivity index (χ0v) is 10.3.